The van der Waals surface area contributed by atoms with Gasteiger partial charge in [-0.3, -0.25) is 19.2 Å². The number of carbonyl (C=O) groups excluding carboxylic acids is 4. The van der Waals surface area contributed by atoms with E-state index in [4.69, 9.17) is 13.9 Å². The Kier molecular flexibility index (Phi) is 11.1. The fraction of sp³-hybridized carbons (Fsp3) is 0.406. The molecule has 4 amide bonds. The molecule has 1 atom stereocenters. The van der Waals surface area contributed by atoms with Crippen molar-refractivity contribution in [1.82, 2.24) is 25.8 Å². The number of halogens is 1. The summed E-state index contributed by atoms with van der Waals surface area (Å²) in [7, 11) is 1.43. The van der Waals surface area contributed by atoms with Crippen LogP contribution in [0.2, 0.25) is 0 Å². The van der Waals surface area contributed by atoms with Crippen LogP contribution in [0.5, 0.6) is 17.2 Å². The first-order valence-electron chi connectivity index (χ1n) is 14.8. The third kappa shape index (κ3) is 8.58. The van der Waals surface area contributed by atoms with Crippen molar-refractivity contribution in [1.29, 1.82) is 0 Å². The number of hydrogen-bond donors (Lipinski definition) is 3. The molecule has 0 spiro atoms. The zero-order valence-electron chi connectivity index (χ0n) is 25.8. The van der Waals surface area contributed by atoms with Crippen LogP contribution >= 0.6 is 0 Å². The summed E-state index contributed by atoms with van der Waals surface area (Å²) < 4.78 is 31.7. The van der Waals surface area contributed by atoms with Gasteiger partial charge in [-0.2, -0.15) is 0 Å². The number of aromatic nitrogens is 1. The Morgan fingerprint density at radius 1 is 1.07 bits per heavy atom. The van der Waals surface area contributed by atoms with E-state index in [1.54, 1.807) is 43.9 Å². The Balaban J connectivity index is 1.57. The molecule has 3 N–H and O–H groups in total. The van der Waals surface area contributed by atoms with E-state index in [9.17, 15) is 19.2 Å². The number of oxazole rings is 1. The lowest BCUT2D eigenvalue weighted by atomic mass is 10.1. The molecule has 5 rings (SSSR count). The quantitative estimate of drug-likeness (QED) is 0.399. The molecule has 45 heavy (non-hydrogen) atoms. The summed E-state index contributed by atoms with van der Waals surface area (Å²) in [6, 6.07) is 8.04. The fourth-order valence-corrected chi connectivity index (χ4v) is 4.88. The molecule has 0 saturated heterocycles. The van der Waals surface area contributed by atoms with Crippen molar-refractivity contribution in [3.05, 3.63) is 70.7 Å². The molecule has 2 aliphatic heterocycles. The van der Waals surface area contributed by atoms with E-state index in [2.05, 4.69) is 20.9 Å². The predicted molar refractivity (Wildman–Crippen MR) is 162 cm³/mol. The molecule has 0 saturated carbocycles. The first-order valence-corrected chi connectivity index (χ1v) is 14.8. The zero-order chi connectivity index (χ0) is 32.5. The Labute approximate surface area is 260 Å². The Hall–Kier alpha value is -4.94. The molecule has 2 aromatic carbocycles. The van der Waals surface area contributed by atoms with Gasteiger partial charge in [-0.05, 0) is 62.1 Å². The van der Waals surface area contributed by atoms with Crippen LogP contribution in [0.4, 0.5) is 4.39 Å². The Morgan fingerprint density at radius 3 is 2.53 bits per heavy atom. The van der Waals surface area contributed by atoms with E-state index >= 15 is 4.39 Å². The lowest BCUT2D eigenvalue weighted by Gasteiger charge is -2.22. The Bertz CT molecular complexity index is 1560. The van der Waals surface area contributed by atoms with Crippen molar-refractivity contribution in [2.24, 2.45) is 0 Å². The van der Waals surface area contributed by atoms with Gasteiger partial charge in [0.15, 0.2) is 29.0 Å². The van der Waals surface area contributed by atoms with Crippen molar-refractivity contribution in [2.75, 3.05) is 26.7 Å². The number of ether oxygens (including phenoxy) is 2. The van der Waals surface area contributed by atoms with Gasteiger partial charge in [-0.15, -0.1) is 0 Å². The van der Waals surface area contributed by atoms with Gasteiger partial charge in [-0.25, -0.2) is 9.37 Å². The molecule has 13 heteroatoms. The lowest BCUT2D eigenvalue weighted by Crippen LogP contribution is -2.46. The predicted octanol–water partition coefficient (Wildman–Crippen LogP) is 3.80. The van der Waals surface area contributed by atoms with Crippen LogP contribution in [-0.4, -0.2) is 66.3 Å². The highest BCUT2D eigenvalue weighted by atomic mass is 19.1. The first kappa shape index (κ1) is 33.0. The summed E-state index contributed by atoms with van der Waals surface area (Å²) in [4.78, 5) is 57.6. The number of aryl methyl sites for hydroxylation is 2. The smallest absolute Gasteiger partial charge is 0.291 e. The summed E-state index contributed by atoms with van der Waals surface area (Å²) in [6.07, 6.45) is 1.16. The third-order valence-corrected chi connectivity index (χ3v) is 7.28. The number of nitrogens with zero attached hydrogens (tertiary/aromatic N) is 2. The van der Waals surface area contributed by atoms with Gasteiger partial charge in [-0.1, -0.05) is 13.0 Å². The average molecular weight is 624 g/mol. The van der Waals surface area contributed by atoms with Crippen molar-refractivity contribution >= 4 is 23.6 Å². The number of carbonyl (C=O) groups is 4. The molecule has 0 aliphatic carbocycles. The minimum atomic E-state index is -0.785. The molecular formula is C32H38FN5O7. The summed E-state index contributed by atoms with van der Waals surface area (Å²) in [5.41, 5.74) is 1.21. The number of rotatable bonds is 3. The highest BCUT2D eigenvalue weighted by molar-refractivity contribution is 5.95. The van der Waals surface area contributed by atoms with E-state index in [0.29, 0.717) is 42.2 Å². The number of nitrogens with one attached hydrogen (secondary N) is 3. The minimum absolute atomic E-state index is 0.0268. The van der Waals surface area contributed by atoms with Gasteiger partial charge >= 0.3 is 0 Å². The number of benzene rings is 2. The number of amides is 4. The van der Waals surface area contributed by atoms with E-state index < -0.39 is 23.7 Å². The van der Waals surface area contributed by atoms with Crippen LogP contribution in [0.25, 0.3) is 0 Å². The first-order chi connectivity index (χ1) is 21.6. The maximum atomic E-state index is 15.0. The second kappa shape index (κ2) is 15.2. The van der Waals surface area contributed by atoms with Crippen molar-refractivity contribution in [3.63, 3.8) is 0 Å². The summed E-state index contributed by atoms with van der Waals surface area (Å²) in [5, 5.41) is 8.30. The summed E-state index contributed by atoms with van der Waals surface area (Å²) in [5.74, 6) is -1.36. The molecule has 0 radical (unpaired) electrons. The van der Waals surface area contributed by atoms with Gasteiger partial charge in [0.05, 0.1) is 12.8 Å². The number of hydrogen-bond acceptors (Lipinski definition) is 8. The molecule has 12 nitrogen and oxygen atoms in total. The highest BCUT2D eigenvalue weighted by Crippen LogP contribution is 2.34. The molecule has 0 fully saturated rings. The molecule has 2 aliphatic rings. The van der Waals surface area contributed by atoms with E-state index in [1.807, 2.05) is 0 Å². The Morgan fingerprint density at radius 2 is 1.84 bits per heavy atom. The maximum Gasteiger partial charge on any atom is 0.291 e. The van der Waals surface area contributed by atoms with Gasteiger partial charge < -0.3 is 34.7 Å². The van der Waals surface area contributed by atoms with Crippen molar-refractivity contribution < 1.29 is 37.5 Å². The second-order valence-electron chi connectivity index (χ2n) is 10.6. The van der Waals surface area contributed by atoms with E-state index in [1.165, 1.54) is 25.3 Å². The second-order valence-corrected chi connectivity index (χ2v) is 10.6. The molecule has 3 heterocycles. The van der Waals surface area contributed by atoms with Gasteiger partial charge in [0.1, 0.15) is 6.04 Å². The molecule has 240 valence electrons. The lowest BCUT2D eigenvalue weighted by molar-refractivity contribution is -0.129. The fourth-order valence-electron chi connectivity index (χ4n) is 4.88. The van der Waals surface area contributed by atoms with Gasteiger partial charge in [0.25, 0.3) is 11.8 Å². The molecule has 1 aromatic heterocycles. The summed E-state index contributed by atoms with van der Waals surface area (Å²) in [6.45, 7) is 5.88. The van der Waals surface area contributed by atoms with Gasteiger partial charge in [0, 0.05) is 45.1 Å². The normalized spacial score (nSPS) is 17.1. The highest BCUT2D eigenvalue weighted by Gasteiger charge is 2.24. The number of methoxy groups -OCH3 is 1. The minimum Gasteiger partial charge on any atom is -0.493 e. The third-order valence-electron chi connectivity index (χ3n) is 7.28. The van der Waals surface area contributed by atoms with Crippen LogP contribution in [-0.2, 0) is 16.1 Å². The van der Waals surface area contributed by atoms with E-state index in [0.717, 1.165) is 0 Å². The number of fused-ring (bicyclic) bond motifs is 16. The van der Waals surface area contributed by atoms with E-state index in [-0.39, 0.29) is 67.2 Å². The van der Waals surface area contributed by atoms with Crippen molar-refractivity contribution in [3.8, 4) is 17.2 Å². The van der Waals surface area contributed by atoms with Crippen LogP contribution in [0.1, 0.15) is 70.7 Å². The zero-order valence-corrected chi connectivity index (χ0v) is 25.8. The monoisotopic (exact) mass is 623 g/mol. The van der Waals surface area contributed by atoms with Crippen LogP contribution < -0.4 is 25.4 Å². The molecule has 3 aromatic rings. The molecule has 4 bridgehead atoms. The molecule has 0 unspecified atom stereocenters. The summed E-state index contributed by atoms with van der Waals surface area (Å²) >= 11 is 0. The molecular weight excluding hydrogens is 585 g/mol. The topological polar surface area (TPSA) is 152 Å². The maximum absolute atomic E-state index is 15.0. The standard InChI is InChI=1S/C32H38FN5O7/c1-5-24-31(41)35-18-21-9-11-25(23(33)16-21)45-27-17-22(10-12-26(27)43-4)30(40)34-13-7-15-38(14-6-8-28(39)37-24)32(42)29-19(2)36-20(3)44-29/h9-12,16-17,24H,5-8,13-15,18H2,1-4H3,(H,34,40)(H,35,41)(H,37,39)/t24-/m0/s1. The van der Waals surface area contributed by atoms with Gasteiger partial charge in [0.2, 0.25) is 17.6 Å². The SMILES string of the molecule is CC[C@@H]1NC(=O)CCCN(C(=O)c2oc(C)nc2C)CCCNC(=O)c2ccc(OC)c(c2)Oc2ccc(cc2F)CNC1=O. The average Bonchev–Trinajstić information content (AvgIpc) is 3.37. The van der Waals surface area contributed by atoms with Crippen molar-refractivity contribution in [2.45, 2.75) is 59.0 Å². The van der Waals surface area contributed by atoms with Crippen LogP contribution in [0.15, 0.2) is 40.8 Å². The van der Waals surface area contributed by atoms with Crippen LogP contribution in [0.3, 0.4) is 0 Å². The largest absolute Gasteiger partial charge is 0.493 e. The van der Waals surface area contributed by atoms with Crippen LogP contribution in [0, 0.1) is 19.7 Å².